The smallest absolute Gasteiger partial charge is 0.409 e. The number of amides is 2. The molecule has 2 fully saturated rings. The molecule has 0 unspecified atom stereocenters. The van der Waals surface area contributed by atoms with Crippen molar-refractivity contribution in [2.45, 2.75) is 57.9 Å². The first-order valence-electron chi connectivity index (χ1n) is 12.0. The molecule has 0 atom stereocenters. The Balaban J connectivity index is 1.35. The van der Waals surface area contributed by atoms with Gasteiger partial charge in [0.15, 0.2) is 0 Å². The molecular weight excluding hydrogens is 390 g/mol. The molecular formula is C25H37N3O3. The minimum absolute atomic E-state index is 0.101. The molecule has 0 aromatic heterocycles. The summed E-state index contributed by atoms with van der Waals surface area (Å²) in [7, 11) is 0. The molecule has 0 radical (unpaired) electrons. The van der Waals surface area contributed by atoms with E-state index in [0.717, 1.165) is 71.5 Å². The zero-order valence-corrected chi connectivity index (χ0v) is 19.1. The van der Waals surface area contributed by atoms with Gasteiger partial charge < -0.3 is 19.4 Å². The third kappa shape index (κ3) is 4.74. The lowest BCUT2D eigenvalue weighted by Gasteiger charge is -2.49. The van der Waals surface area contributed by atoms with Crippen LogP contribution in [-0.4, -0.2) is 72.6 Å². The van der Waals surface area contributed by atoms with Gasteiger partial charge in [0, 0.05) is 44.6 Å². The minimum atomic E-state index is -0.164. The van der Waals surface area contributed by atoms with Crippen LogP contribution in [0.1, 0.15) is 57.1 Å². The first-order chi connectivity index (χ1) is 15.0. The number of carbonyl (C=O) groups excluding carboxylic acids is 2. The molecule has 0 saturated carbocycles. The average molecular weight is 428 g/mol. The van der Waals surface area contributed by atoms with Gasteiger partial charge in [0.05, 0.1) is 6.61 Å². The Morgan fingerprint density at radius 3 is 2.42 bits per heavy atom. The lowest BCUT2D eigenvalue weighted by molar-refractivity contribution is -0.133. The Morgan fingerprint density at radius 2 is 1.74 bits per heavy atom. The molecule has 1 aromatic rings. The summed E-state index contributed by atoms with van der Waals surface area (Å²) in [6, 6.07) is 8.76. The lowest BCUT2D eigenvalue weighted by atomic mass is 9.68. The summed E-state index contributed by atoms with van der Waals surface area (Å²) >= 11 is 0. The first kappa shape index (κ1) is 22.1. The second kappa shape index (κ2) is 9.60. The monoisotopic (exact) mass is 427 g/mol. The molecule has 2 saturated heterocycles. The lowest BCUT2D eigenvalue weighted by Crippen LogP contribution is -2.54. The van der Waals surface area contributed by atoms with E-state index in [-0.39, 0.29) is 17.4 Å². The van der Waals surface area contributed by atoms with Gasteiger partial charge in [0.1, 0.15) is 0 Å². The van der Waals surface area contributed by atoms with E-state index in [1.54, 1.807) is 0 Å². The molecule has 3 heterocycles. The maximum absolute atomic E-state index is 12.5. The zero-order chi connectivity index (χ0) is 21.8. The third-order valence-corrected chi connectivity index (χ3v) is 7.57. The van der Waals surface area contributed by atoms with Crippen LogP contribution in [-0.2, 0) is 21.5 Å². The van der Waals surface area contributed by atoms with Crippen LogP contribution in [0, 0.1) is 5.92 Å². The van der Waals surface area contributed by atoms with Gasteiger partial charge in [0.25, 0.3) is 0 Å². The maximum atomic E-state index is 12.5. The summed E-state index contributed by atoms with van der Waals surface area (Å²) in [4.78, 5) is 31.0. The molecule has 1 aromatic carbocycles. The summed E-state index contributed by atoms with van der Waals surface area (Å²) < 4.78 is 5.14. The molecule has 2 amide bonds. The quantitative estimate of drug-likeness (QED) is 0.736. The number of hydrogen-bond acceptors (Lipinski definition) is 4. The van der Waals surface area contributed by atoms with Crippen LogP contribution >= 0.6 is 0 Å². The molecule has 0 bridgehead atoms. The van der Waals surface area contributed by atoms with E-state index in [1.807, 2.05) is 18.7 Å². The predicted molar refractivity (Wildman–Crippen MR) is 121 cm³/mol. The number of likely N-dealkylation sites (tertiary alicyclic amines) is 2. The number of rotatable bonds is 4. The molecule has 170 valence electrons. The van der Waals surface area contributed by atoms with Crippen molar-refractivity contribution in [3.05, 3.63) is 35.4 Å². The fourth-order valence-corrected chi connectivity index (χ4v) is 5.76. The Bertz CT molecular complexity index is 780. The second-order valence-electron chi connectivity index (χ2n) is 9.47. The van der Waals surface area contributed by atoms with Crippen molar-refractivity contribution in [1.29, 1.82) is 0 Å². The zero-order valence-electron chi connectivity index (χ0n) is 19.1. The van der Waals surface area contributed by atoms with Gasteiger partial charge in [-0.15, -0.1) is 0 Å². The van der Waals surface area contributed by atoms with E-state index in [1.165, 1.54) is 11.1 Å². The highest BCUT2D eigenvalue weighted by molar-refractivity contribution is 5.76. The highest BCUT2D eigenvalue weighted by Crippen LogP contribution is 2.42. The fourth-order valence-electron chi connectivity index (χ4n) is 5.76. The summed E-state index contributed by atoms with van der Waals surface area (Å²) in [5, 5.41) is 0. The molecule has 3 aliphatic heterocycles. The van der Waals surface area contributed by atoms with Gasteiger partial charge in [0.2, 0.25) is 5.91 Å². The van der Waals surface area contributed by atoms with Crippen LogP contribution in [0.2, 0.25) is 0 Å². The number of nitrogens with zero attached hydrogens (tertiary/aromatic N) is 3. The highest BCUT2D eigenvalue weighted by Gasteiger charge is 2.43. The summed E-state index contributed by atoms with van der Waals surface area (Å²) in [5.41, 5.74) is 2.90. The molecule has 6 nitrogen and oxygen atoms in total. The predicted octanol–water partition coefficient (Wildman–Crippen LogP) is 3.64. The number of piperidine rings is 2. The van der Waals surface area contributed by atoms with Gasteiger partial charge in [-0.1, -0.05) is 31.2 Å². The minimum Gasteiger partial charge on any atom is -0.450 e. The van der Waals surface area contributed by atoms with E-state index in [4.69, 9.17) is 4.74 Å². The Kier molecular flexibility index (Phi) is 6.85. The van der Waals surface area contributed by atoms with Gasteiger partial charge in [-0.3, -0.25) is 4.79 Å². The Hall–Kier alpha value is -2.08. The normalized spacial score (nSPS) is 21.7. The topological polar surface area (TPSA) is 53.1 Å². The largest absolute Gasteiger partial charge is 0.450 e. The third-order valence-electron chi connectivity index (χ3n) is 7.57. The Morgan fingerprint density at radius 1 is 1.03 bits per heavy atom. The van der Waals surface area contributed by atoms with Crippen LogP contribution < -0.4 is 0 Å². The standard InChI is InChI=1S/C25H37N3O3/c1-3-23(29)28-18-21-7-5-6-8-22(21)25(19-28)11-15-26(16-12-25)17-20-9-13-27(14-10-20)24(30)31-4-2/h5-8,20H,3-4,9-19H2,1-2H3. The van der Waals surface area contributed by atoms with Crippen molar-refractivity contribution < 1.29 is 14.3 Å². The van der Waals surface area contributed by atoms with Gasteiger partial charge in [-0.25, -0.2) is 4.79 Å². The van der Waals surface area contributed by atoms with Crippen molar-refractivity contribution in [3.8, 4) is 0 Å². The molecule has 31 heavy (non-hydrogen) atoms. The van der Waals surface area contributed by atoms with Crippen molar-refractivity contribution in [2.75, 3.05) is 45.9 Å². The molecule has 0 N–H and O–H groups in total. The SMILES string of the molecule is CCOC(=O)N1CCC(CN2CCC3(CC2)CN(C(=O)CC)Cc2ccccc23)CC1. The van der Waals surface area contributed by atoms with E-state index in [9.17, 15) is 9.59 Å². The average Bonchev–Trinajstić information content (AvgIpc) is 2.81. The van der Waals surface area contributed by atoms with Crippen molar-refractivity contribution in [1.82, 2.24) is 14.7 Å². The number of ether oxygens (including phenoxy) is 1. The van der Waals surface area contributed by atoms with Crippen molar-refractivity contribution in [3.63, 3.8) is 0 Å². The van der Waals surface area contributed by atoms with E-state index >= 15 is 0 Å². The number of hydrogen-bond donors (Lipinski definition) is 0. The van der Waals surface area contributed by atoms with Crippen molar-refractivity contribution in [2.24, 2.45) is 5.92 Å². The number of benzene rings is 1. The van der Waals surface area contributed by atoms with Gasteiger partial charge in [-0.2, -0.15) is 0 Å². The van der Waals surface area contributed by atoms with Crippen LogP contribution in [0.5, 0.6) is 0 Å². The van der Waals surface area contributed by atoms with Crippen LogP contribution in [0.25, 0.3) is 0 Å². The molecule has 4 rings (SSSR count). The summed E-state index contributed by atoms with van der Waals surface area (Å²) in [5.74, 6) is 0.918. The van der Waals surface area contributed by atoms with Crippen LogP contribution in [0.4, 0.5) is 4.79 Å². The van der Waals surface area contributed by atoms with Crippen LogP contribution in [0.3, 0.4) is 0 Å². The molecule has 6 heteroatoms. The molecule has 1 spiro atoms. The van der Waals surface area contributed by atoms with E-state index < -0.39 is 0 Å². The van der Waals surface area contributed by atoms with E-state index in [2.05, 4.69) is 34.1 Å². The van der Waals surface area contributed by atoms with Crippen molar-refractivity contribution >= 4 is 12.0 Å². The summed E-state index contributed by atoms with van der Waals surface area (Å²) in [6.45, 7) is 10.8. The maximum Gasteiger partial charge on any atom is 0.409 e. The van der Waals surface area contributed by atoms with Crippen LogP contribution in [0.15, 0.2) is 24.3 Å². The van der Waals surface area contributed by atoms with Gasteiger partial charge >= 0.3 is 6.09 Å². The molecule has 3 aliphatic rings. The number of fused-ring (bicyclic) bond motifs is 2. The first-order valence-corrected chi connectivity index (χ1v) is 12.0. The number of carbonyl (C=O) groups is 2. The molecule has 0 aliphatic carbocycles. The Labute approximate surface area is 186 Å². The second-order valence-corrected chi connectivity index (χ2v) is 9.47. The van der Waals surface area contributed by atoms with E-state index in [0.29, 0.717) is 18.9 Å². The fraction of sp³-hybridized carbons (Fsp3) is 0.680. The highest BCUT2D eigenvalue weighted by atomic mass is 16.6. The van der Waals surface area contributed by atoms with Gasteiger partial charge in [-0.05, 0) is 62.7 Å². The summed E-state index contributed by atoms with van der Waals surface area (Å²) in [6.07, 6.45) is 4.75.